The second kappa shape index (κ2) is 9.21. The van der Waals surface area contributed by atoms with Crippen molar-refractivity contribution in [1.29, 1.82) is 0 Å². The van der Waals surface area contributed by atoms with E-state index in [0.717, 1.165) is 24.7 Å². The maximum absolute atomic E-state index is 13.7. The van der Waals surface area contributed by atoms with E-state index in [1.165, 1.54) is 4.31 Å². The number of hydrogen-bond acceptors (Lipinski definition) is 7. The number of nitrogens with one attached hydrogen (secondary N) is 3. The Labute approximate surface area is 211 Å². The summed E-state index contributed by atoms with van der Waals surface area (Å²) in [5.74, 6) is -0.660. The summed E-state index contributed by atoms with van der Waals surface area (Å²) in [5, 5.41) is 8.32. The molecule has 9 nitrogen and oxygen atoms in total. The van der Waals surface area contributed by atoms with Crippen LogP contribution in [0.3, 0.4) is 0 Å². The van der Waals surface area contributed by atoms with Crippen LogP contribution in [0.1, 0.15) is 29.5 Å². The zero-order chi connectivity index (χ0) is 26.4. The molecule has 0 spiro atoms. The summed E-state index contributed by atoms with van der Waals surface area (Å²) in [4.78, 5) is 19.5. The summed E-state index contributed by atoms with van der Waals surface area (Å²) in [6, 6.07) is 11.6. The number of anilines is 5. The molecule has 0 unspecified atom stereocenters. The molecule has 0 saturated heterocycles. The number of hydrogen-bond donors (Lipinski definition) is 3. The highest BCUT2D eigenvalue weighted by atomic mass is 32.2. The van der Waals surface area contributed by atoms with Crippen LogP contribution >= 0.6 is 0 Å². The molecule has 2 aromatic carbocycles. The van der Waals surface area contributed by atoms with Crippen LogP contribution in [0.5, 0.6) is 0 Å². The molecule has 1 aliphatic heterocycles. The smallest absolute Gasteiger partial charge is 0.365 e. The van der Waals surface area contributed by atoms with Crippen molar-refractivity contribution in [2.24, 2.45) is 0 Å². The maximum atomic E-state index is 13.7. The van der Waals surface area contributed by atoms with Crippen LogP contribution < -0.4 is 20.3 Å². The summed E-state index contributed by atoms with van der Waals surface area (Å²) in [6.07, 6.45) is -1.26. The van der Waals surface area contributed by atoms with Gasteiger partial charge >= 0.3 is 6.18 Å². The number of fused-ring (bicyclic) bond motifs is 1. The lowest BCUT2D eigenvalue weighted by Gasteiger charge is -2.25. The van der Waals surface area contributed by atoms with Crippen molar-refractivity contribution in [3.05, 3.63) is 65.4 Å². The van der Waals surface area contributed by atoms with E-state index in [1.807, 2.05) is 0 Å². The topological polar surface area (TPSA) is 116 Å². The summed E-state index contributed by atoms with van der Waals surface area (Å²) in [6.45, 7) is -0.0962. The molecule has 2 aliphatic rings. The SMILES string of the molecule is CS(=O)(=O)N(c1ccccc1CNc1nc(Nc2ccc3c(c2)CC(=O)N3)ncc1C(F)(F)F)C1CC1. The second-order valence-corrected chi connectivity index (χ2v) is 10.8. The van der Waals surface area contributed by atoms with E-state index in [-0.39, 0.29) is 30.9 Å². The monoisotopic (exact) mass is 532 g/mol. The number of para-hydroxylation sites is 1. The average Bonchev–Trinajstić information content (AvgIpc) is 3.56. The molecule has 3 N–H and O–H groups in total. The van der Waals surface area contributed by atoms with Crippen LogP contribution in [0.2, 0.25) is 0 Å². The molecule has 194 valence electrons. The van der Waals surface area contributed by atoms with Crippen LogP contribution in [0, 0.1) is 0 Å². The molecule has 1 saturated carbocycles. The number of rotatable bonds is 8. The largest absolute Gasteiger partial charge is 0.421 e. The van der Waals surface area contributed by atoms with Gasteiger partial charge in [0.2, 0.25) is 21.9 Å². The third kappa shape index (κ3) is 5.45. The highest BCUT2D eigenvalue weighted by molar-refractivity contribution is 7.92. The van der Waals surface area contributed by atoms with Gasteiger partial charge in [0.05, 0.1) is 18.4 Å². The maximum Gasteiger partial charge on any atom is 0.421 e. The van der Waals surface area contributed by atoms with Gasteiger partial charge in [-0.15, -0.1) is 0 Å². The Kier molecular flexibility index (Phi) is 6.18. The second-order valence-electron chi connectivity index (χ2n) is 8.95. The van der Waals surface area contributed by atoms with E-state index in [4.69, 9.17) is 0 Å². The zero-order valence-corrected chi connectivity index (χ0v) is 20.4. The van der Waals surface area contributed by atoms with Gasteiger partial charge in [-0.3, -0.25) is 9.10 Å². The highest BCUT2D eigenvalue weighted by Crippen LogP contribution is 2.37. The molecule has 2 heterocycles. The first-order valence-corrected chi connectivity index (χ1v) is 13.3. The Balaban J connectivity index is 1.42. The minimum absolute atomic E-state index is 0.0724. The number of halogens is 3. The van der Waals surface area contributed by atoms with Gasteiger partial charge in [-0.2, -0.15) is 18.2 Å². The van der Waals surface area contributed by atoms with E-state index in [1.54, 1.807) is 42.5 Å². The van der Waals surface area contributed by atoms with Gasteiger partial charge in [-0.25, -0.2) is 13.4 Å². The molecule has 37 heavy (non-hydrogen) atoms. The molecule has 1 fully saturated rings. The number of sulfonamides is 1. The summed E-state index contributed by atoms with van der Waals surface area (Å²) < 4.78 is 67.4. The van der Waals surface area contributed by atoms with Gasteiger partial charge in [0.1, 0.15) is 11.4 Å². The summed E-state index contributed by atoms with van der Waals surface area (Å²) in [7, 11) is -3.58. The van der Waals surface area contributed by atoms with E-state index in [2.05, 4.69) is 25.9 Å². The van der Waals surface area contributed by atoms with E-state index < -0.39 is 27.6 Å². The minimum atomic E-state index is -4.72. The summed E-state index contributed by atoms with van der Waals surface area (Å²) in [5.41, 5.74) is 1.82. The quantitative estimate of drug-likeness (QED) is 0.397. The zero-order valence-electron chi connectivity index (χ0n) is 19.6. The van der Waals surface area contributed by atoms with Crippen molar-refractivity contribution < 1.29 is 26.4 Å². The van der Waals surface area contributed by atoms with Crippen molar-refractivity contribution in [3.8, 4) is 0 Å². The fourth-order valence-corrected chi connectivity index (χ4v) is 5.52. The number of carbonyl (C=O) groups is 1. The normalized spacial score (nSPS) is 15.2. The van der Waals surface area contributed by atoms with Crippen LogP contribution in [-0.2, 0) is 34.0 Å². The number of carbonyl (C=O) groups excluding carboxylic acids is 1. The van der Waals surface area contributed by atoms with E-state index in [9.17, 15) is 26.4 Å². The predicted molar refractivity (Wildman–Crippen MR) is 133 cm³/mol. The van der Waals surface area contributed by atoms with Gasteiger partial charge in [0.15, 0.2) is 0 Å². The first kappa shape index (κ1) is 24.8. The van der Waals surface area contributed by atoms with Gasteiger partial charge in [-0.1, -0.05) is 18.2 Å². The Hall–Kier alpha value is -3.87. The lowest BCUT2D eigenvalue weighted by molar-refractivity contribution is -0.137. The van der Waals surface area contributed by atoms with Crippen molar-refractivity contribution in [3.63, 3.8) is 0 Å². The molecular weight excluding hydrogens is 509 g/mol. The van der Waals surface area contributed by atoms with Crippen LogP contribution in [0.4, 0.5) is 42.0 Å². The number of nitrogens with zero attached hydrogens (tertiary/aromatic N) is 3. The van der Waals surface area contributed by atoms with Crippen molar-refractivity contribution in [2.75, 3.05) is 26.5 Å². The van der Waals surface area contributed by atoms with Crippen LogP contribution in [0.15, 0.2) is 48.7 Å². The Morgan fingerprint density at radius 3 is 2.62 bits per heavy atom. The number of benzene rings is 2. The van der Waals surface area contributed by atoms with Gasteiger partial charge in [0, 0.05) is 30.2 Å². The molecule has 13 heteroatoms. The molecule has 5 rings (SSSR count). The molecule has 1 aliphatic carbocycles. The fourth-order valence-electron chi connectivity index (χ4n) is 4.23. The average molecular weight is 533 g/mol. The summed E-state index contributed by atoms with van der Waals surface area (Å²) >= 11 is 0. The standard InChI is InChI=1S/C24H23F3N6O3S/c1-37(35,36)33(17-7-8-17)20-5-3-2-4-14(20)12-28-22-18(24(25,26)27)13-29-23(32-22)30-16-6-9-19-15(10-16)11-21(34)31-19/h2-6,9-10,13,17H,7-8,11-12H2,1H3,(H,31,34)(H2,28,29,30,32). The molecule has 1 amide bonds. The van der Waals surface area contributed by atoms with Crippen molar-refractivity contribution in [1.82, 2.24) is 9.97 Å². The first-order valence-electron chi connectivity index (χ1n) is 11.4. The highest BCUT2D eigenvalue weighted by Gasteiger charge is 2.37. The Bertz CT molecular complexity index is 1470. The van der Waals surface area contributed by atoms with Crippen LogP contribution in [-0.4, -0.2) is 36.6 Å². The molecule has 3 aromatic rings. The Morgan fingerprint density at radius 1 is 1.16 bits per heavy atom. The lowest BCUT2D eigenvalue weighted by atomic mass is 10.1. The molecule has 0 atom stereocenters. The van der Waals surface area contributed by atoms with Crippen molar-refractivity contribution in [2.45, 2.75) is 38.0 Å². The number of alkyl halides is 3. The third-order valence-electron chi connectivity index (χ3n) is 5.99. The minimum Gasteiger partial charge on any atom is -0.365 e. The number of amides is 1. The Morgan fingerprint density at radius 2 is 1.92 bits per heavy atom. The van der Waals surface area contributed by atoms with E-state index in [0.29, 0.717) is 28.8 Å². The number of aromatic nitrogens is 2. The van der Waals surface area contributed by atoms with E-state index >= 15 is 0 Å². The van der Waals surface area contributed by atoms with Gasteiger partial charge in [-0.05, 0) is 48.2 Å². The van der Waals surface area contributed by atoms with Crippen LogP contribution in [0.25, 0.3) is 0 Å². The molecule has 0 radical (unpaired) electrons. The fraction of sp³-hybridized carbons (Fsp3) is 0.292. The van der Waals surface area contributed by atoms with Gasteiger partial charge in [0.25, 0.3) is 0 Å². The van der Waals surface area contributed by atoms with Crippen molar-refractivity contribution >= 4 is 44.8 Å². The molecule has 0 bridgehead atoms. The molecule has 1 aromatic heterocycles. The third-order valence-corrected chi connectivity index (χ3v) is 7.20. The van der Waals surface area contributed by atoms with Gasteiger partial charge < -0.3 is 16.0 Å². The predicted octanol–water partition coefficient (Wildman–Crippen LogP) is 4.27. The molecular formula is C24H23F3N6O3S. The first-order chi connectivity index (χ1) is 17.5. The lowest BCUT2D eigenvalue weighted by Crippen LogP contribution is -2.33.